The smallest absolute Gasteiger partial charge is 0.119 e. The first kappa shape index (κ1) is 7.31. The molecule has 1 saturated carbocycles. The molecule has 1 aliphatic heterocycles. The van der Waals surface area contributed by atoms with Crippen molar-refractivity contribution in [2.45, 2.75) is 50.0 Å². The molecule has 3 aliphatic rings. The molecule has 1 unspecified atom stereocenters. The number of methoxy groups -OCH3 is 1. The molecule has 1 heterocycles. The van der Waals surface area contributed by atoms with Crippen LogP contribution in [0.4, 0.5) is 0 Å². The zero-order chi connectivity index (χ0) is 19.8. The third-order valence-electron chi connectivity index (χ3n) is 5.64. The first-order valence-corrected chi connectivity index (χ1v) is 7.55. The summed E-state index contributed by atoms with van der Waals surface area (Å²) in [5, 5.41) is 0. The van der Waals surface area contributed by atoms with Crippen LogP contribution >= 0.6 is 0 Å². The second-order valence-corrected chi connectivity index (χ2v) is 6.45. The molecule has 3 atom stereocenters. The number of hydrogen-bond donors (Lipinski definition) is 0. The standard InChI is InChI=1S/C18H25NO/c1-19-10-9-18-8-4-3-5-15(18)17(19)11-13-6-7-14(20-2)12-16(13)18/h6-7,12,15,17H,3-5,8-11H2,1-2H3/t15?,17-,18-/m0/s1/i2D3,6D,7D,12D,17D. The third kappa shape index (κ3) is 1.60. The highest BCUT2D eigenvalue weighted by atomic mass is 16.5. The number of benzene rings is 1. The average Bonchev–Trinajstić information content (AvgIpc) is 2.59. The van der Waals surface area contributed by atoms with Gasteiger partial charge in [-0.1, -0.05) is 18.9 Å². The van der Waals surface area contributed by atoms with Gasteiger partial charge < -0.3 is 9.64 Å². The minimum absolute atomic E-state index is 0.0469. The number of piperidine rings is 1. The van der Waals surface area contributed by atoms with Gasteiger partial charge in [-0.15, -0.1) is 0 Å². The van der Waals surface area contributed by atoms with Crippen molar-refractivity contribution in [3.8, 4) is 5.75 Å². The second-order valence-electron chi connectivity index (χ2n) is 6.45. The fourth-order valence-corrected chi connectivity index (χ4v) is 4.69. The molecule has 1 saturated heterocycles. The Labute approximate surface area is 132 Å². The van der Waals surface area contributed by atoms with E-state index in [0.717, 1.165) is 38.6 Å². The van der Waals surface area contributed by atoms with Crippen molar-refractivity contribution in [2.75, 3.05) is 20.6 Å². The van der Waals surface area contributed by atoms with E-state index >= 15 is 0 Å². The average molecular weight is 278 g/mol. The molecule has 2 bridgehead atoms. The molecule has 0 aromatic heterocycles. The third-order valence-corrected chi connectivity index (χ3v) is 5.64. The number of likely N-dealkylation sites (tertiary alicyclic amines) is 1. The van der Waals surface area contributed by atoms with Gasteiger partial charge in [0.1, 0.15) is 5.75 Å². The summed E-state index contributed by atoms with van der Waals surface area (Å²) in [5.74, 6) is -0.264. The highest BCUT2D eigenvalue weighted by molar-refractivity contribution is 5.45. The molecular weight excluding hydrogens is 246 g/mol. The first-order valence-electron chi connectivity index (χ1n) is 11.0. The van der Waals surface area contributed by atoms with Gasteiger partial charge >= 0.3 is 0 Å². The zero-order valence-corrected chi connectivity index (χ0v) is 11.9. The van der Waals surface area contributed by atoms with Crippen molar-refractivity contribution in [1.29, 1.82) is 0 Å². The van der Waals surface area contributed by atoms with Gasteiger partial charge in [-0.2, -0.15) is 0 Å². The molecule has 0 amide bonds. The lowest BCUT2D eigenvalue weighted by Crippen LogP contribution is -2.59. The van der Waals surface area contributed by atoms with Gasteiger partial charge in [0.2, 0.25) is 0 Å². The predicted molar refractivity (Wildman–Crippen MR) is 81.4 cm³/mol. The lowest BCUT2D eigenvalue weighted by molar-refractivity contribution is 0.00274. The molecule has 108 valence electrons. The second kappa shape index (κ2) is 4.49. The van der Waals surface area contributed by atoms with Crippen molar-refractivity contribution in [1.82, 2.24) is 4.90 Å². The summed E-state index contributed by atoms with van der Waals surface area (Å²) in [6.07, 6.45) is 4.88. The number of ether oxygens (including phenoxy) is 1. The molecule has 4 rings (SSSR count). The topological polar surface area (TPSA) is 12.5 Å². The Balaban J connectivity index is 2.00. The fraction of sp³-hybridized carbons (Fsp3) is 0.667. The largest absolute Gasteiger partial charge is 0.497 e. The van der Waals surface area contributed by atoms with Crippen molar-refractivity contribution < 1.29 is 14.3 Å². The van der Waals surface area contributed by atoms with Gasteiger partial charge in [-0.3, -0.25) is 0 Å². The van der Waals surface area contributed by atoms with Gasteiger partial charge in [0.05, 0.1) is 15.3 Å². The van der Waals surface area contributed by atoms with E-state index in [4.69, 9.17) is 13.0 Å². The van der Waals surface area contributed by atoms with E-state index < -0.39 is 18.5 Å². The lowest BCUT2D eigenvalue weighted by Gasteiger charge is -2.58. The Morgan fingerprint density at radius 3 is 3.30 bits per heavy atom. The van der Waals surface area contributed by atoms with Gasteiger partial charge in [0, 0.05) is 12.8 Å². The maximum Gasteiger partial charge on any atom is 0.119 e. The number of likely N-dealkylation sites (N-methyl/N-ethyl adjacent to an activating group) is 1. The molecule has 20 heavy (non-hydrogen) atoms. The van der Waals surface area contributed by atoms with Gasteiger partial charge in [0.25, 0.3) is 0 Å². The highest BCUT2D eigenvalue weighted by Gasteiger charge is 2.53. The quantitative estimate of drug-likeness (QED) is 0.781. The Morgan fingerprint density at radius 2 is 2.40 bits per heavy atom. The van der Waals surface area contributed by atoms with E-state index in [1.165, 1.54) is 0 Å². The van der Waals surface area contributed by atoms with Crippen LogP contribution in [0.25, 0.3) is 0 Å². The van der Waals surface area contributed by atoms with Crippen LogP contribution < -0.4 is 4.74 Å². The van der Waals surface area contributed by atoms with Gasteiger partial charge in [-0.05, 0) is 68.4 Å². The molecule has 0 N–H and O–H groups in total. The van der Waals surface area contributed by atoms with Crippen LogP contribution in [0.3, 0.4) is 0 Å². The molecule has 2 fully saturated rings. The van der Waals surface area contributed by atoms with E-state index in [2.05, 4.69) is 4.90 Å². The van der Waals surface area contributed by atoms with Crippen molar-refractivity contribution in [2.24, 2.45) is 5.92 Å². The molecule has 2 aliphatic carbocycles. The maximum absolute atomic E-state index is 9.24. The van der Waals surface area contributed by atoms with Crippen LogP contribution in [-0.2, 0) is 11.8 Å². The van der Waals surface area contributed by atoms with E-state index in [-0.39, 0.29) is 29.8 Å². The first-order chi connectivity index (χ1) is 12.5. The summed E-state index contributed by atoms with van der Waals surface area (Å²) >= 11 is 0. The van der Waals surface area contributed by atoms with Crippen molar-refractivity contribution >= 4 is 0 Å². The molecule has 0 spiro atoms. The normalized spacial score (nSPS) is 45.5. The van der Waals surface area contributed by atoms with E-state index in [0.29, 0.717) is 17.5 Å². The van der Waals surface area contributed by atoms with Crippen LogP contribution in [-0.4, -0.2) is 31.5 Å². The Morgan fingerprint density at radius 1 is 1.45 bits per heavy atom. The van der Waals surface area contributed by atoms with Crippen LogP contribution in [0.15, 0.2) is 18.1 Å². The lowest BCUT2D eigenvalue weighted by atomic mass is 9.52. The van der Waals surface area contributed by atoms with E-state index in [1.807, 2.05) is 7.05 Å². The molecule has 1 aromatic carbocycles. The number of rotatable bonds is 1. The van der Waals surface area contributed by atoms with Gasteiger partial charge in [-0.25, -0.2) is 0 Å². The van der Waals surface area contributed by atoms with E-state index in [9.17, 15) is 1.37 Å². The van der Waals surface area contributed by atoms with Crippen LogP contribution in [0, 0.1) is 5.92 Å². The minimum Gasteiger partial charge on any atom is -0.497 e. The van der Waals surface area contributed by atoms with Crippen molar-refractivity contribution in [3.63, 3.8) is 0 Å². The molecule has 1 aromatic rings. The zero-order valence-electron chi connectivity index (χ0n) is 18.9. The summed E-state index contributed by atoms with van der Waals surface area (Å²) in [6, 6.07) is -1.34. The van der Waals surface area contributed by atoms with Crippen LogP contribution in [0.5, 0.6) is 5.75 Å². The molecular formula is C18H25NO. The molecule has 2 nitrogen and oxygen atoms in total. The summed E-state index contributed by atoms with van der Waals surface area (Å²) < 4.78 is 62.0. The van der Waals surface area contributed by atoms with E-state index in [1.54, 1.807) is 0 Å². The van der Waals surface area contributed by atoms with Crippen LogP contribution in [0.2, 0.25) is 0 Å². The Bertz CT molecular complexity index is 795. The summed E-state index contributed by atoms with van der Waals surface area (Å²) in [5.41, 5.74) is 0.860. The highest BCUT2D eigenvalue weighted by Crippen LogP contribution is 2.55. The predicted octanol–water partition coefficient (Wildman–Crippen LogP) is 3.38. The maximum atomic E-state index is 9.24. The SMILES string of the molecule is [2H]c1c([2H])c(OC([2H])([2H])[2H])c([2H])c2c1C[C@@]1([2H])C3CCCC[C@@]23CCN1C. The number of nitrogens with zero attached hydrogens (tertiary/aromatic N) is 1. The van der Waals surface area contributed by atoms with Gasteiger partial charge in [0.15, 0.2) is 0 Å². The fourth-order valence-electron chi connectivity index (χ4n) is 4.69. The molecule has 2 heteroatoms. The summed E-state index contributed by atoms with van der Waals surface area (Å²) in [6.45, 7) is 0.740. The van der Waals surface area contributed by atoms with Crippen molar-refractivity contribution in [3.05, 3.63) is 29.3 Å². The Hall–Kier alpha value is -1.02. The monoisotopic (exact) mass is 278 g/mol. The van der Waals surface area contributed by atoms with Crippen LogP contribution in [0.1, 0.15) is 52.8 Å². The Kier molecular flexibility index (Phi) is 1.64. The number of fused-ring (bicyclic) bond motifs is 1. The molecule has 0 radical (unpaired) electrons. The number of hydrogen-bond acceptors (Lipinski definition) is 2. The summed E-state index contributed by atoms with van der Waals surface area (Å²) in [7, 11) is -0.813. The summed E-state index contributed by atoms with van der Waals surface area (Å²) in [4.78, 5) is 2.06. The minimum atomic E-state index is -2.77.